The average Bonchev–Trinajstić information content (AvgIpc) is 3.15. The lowest BCUT2D eigenvalue weighted by Gasteiger charge is -2.23. The molecule has 4 aromatic rings. The van der Waals surface area contributed by atoms with Gasteiger partial charge in [0.1, 0.15) is 10.2 Å². The van der Waals surface area contributed by atoms with E-state index in [1.54, 1.807) is 29.0 Å². The molecule has 12 heteroatoms. The minimum absolute atomic E-state index is 0.123. The van der Waals surface area contributed by atoms with Crippen LogP contribution in [0.5, 0.6) is 0 Å². The number of benzene rings is 2. The number of nitrogens with zero attached hydrogens (tertiary/aromatic N) is 4. The maximum atomic E-state index is 13.3. The van der Waals surface area contributed by atoms with Crippen molar-refractivity contribution < 1.29 is 18.3 Å². The van der Waals surface area contributed by atoms with Gasteiger partial charge in [0.05, 0.1) is 16.1 Å². The predicted octanol–water partition coefficient (Wildman–Crippen LogP) is 4.61. The summed E-state index contributed by atoms with van der Waals surface area (Å²) in [7, 11) is -4.26. The van der Waals surface area contributed by atoms with E-state index in [1.807, 2.05) is 12.1 Å². The maximum absolute atomic E-state index is 13.3. The number of aromatic nitrogens is 3. The largest absolute Gasteiger partial charge is 0.480 e. The molecule has 0 saturated carbocycles. The van der Waals surface area contributed by atoms with Crippen molar-refractivity contribution in [2.75, 3.05) is 10.8 Å². The zero-order chi connectivity index (χ0) is 23.0. The summed E-state index contributed by atoms with van der Waals surface area (Å²) in [4.78, 5) is 11.3. The Balaban J connectivity index is 1.81. The van der Waals surface area contributed by atoms with Gasteiger partial charge < -0.3 is 5.11 Å². The quantitative estimate of drug-likeness (QED) is 0.323. The zero-order valence-electron chi connectivity index (χ0n) is 16.0. The fraction of sp³-hybridized carbons (Fsp3) is 0.0500. The van der Waals surface area contributed by atoms with Gasteiger partial charge in [-0.2, -0.15) is 0 Å². The van der Waals surface area contributed by atoms with Crippen LogP contribution in [0, 0.1) is 3.70 Å². The van der Waals surface area contributed by atoms with Crippen LogP contribution < -0.4 is 4.31 Å². The number of rotatable bonds is 6. The Morgan fingerprint density at radius 2 is 1.75 bits per heavy atom. The Kier molecular flexibility index (Phi) is 6.30. The predicted molar refractivity (Wildman–Crippen MR) is 130 cm³/mol. The highest BCUT2D eigenvalue weighted by molar-refractivity contribution is 14.1. The molecule has 1 N–H and O–H groups in total. The second-order valence-electron chi connectivity index (χ2n) is 6.65. The summed E-state index contributed by atoms with van der Waals surface area (Å²) in [6.45, 7) is -0.777. The van der Waals surface area contributed by atoms with Crippen LogP contribution in [-0.4, -0.2) is 40.8 Å². The minimum atomic E-state index is -4.26. The van der Waals surface area contributed by atoms with Gasteiger partial charge in [-0.1, -0.05) is 23.2 Å². The molecule has 0 aliphatic carbocycles. The molecule has 0 fully saturated rings. The number of hydrogen-bond acceptors (Lipinski definition) is 5. The van der Waals surface area contributed by atoms with Gasteiger partial charge in [-0.25, -0.2) is 8.42 Å². The molecule has 0 bridgehead atoms. The van der Waals surface area contributed by atoms with Crippen LogP contribution in [0.3, 0.4) is 0 Å². The summed E-state index contributed by atoms with van der Waals surface area (Å²) >= 11 is 14.0. The number of fused-ring (bicyclic) bond motifs is 1. The number of anilines is 1. The molecular formula is C20H13Cl2IN4O4S. The van der Waals surface area contributed by atoms with Crippen LogP contribution in [0.15, 0.2) is 65.7 Å². The number of carboxylic acid groups (broad SMARTS) is 1. The molecule has 0 radical (unpaired) electrons. The van der Waals surface area contributed by atoms with Crippen molar-refractivity contribution in [1.29, 1.82) is 0 Å². The van der Waals surface area contributed by atoms with Gasteiger partial charge in [-0.15, -0.1) is 10.2 Å². The second kappa shape index (κ2) is 8.85. The molecule has 32 heavy (non-hydrogen) atoms. The van der Waals surface area contributed by atoms with Crippen LogP contribution in [0.1, 0.15) is 0 Å². The highest BCUT2D eigenvalue weighted by Crippen LogP contribution is 2.31. The first-order valence-electron chi connectivity index (χ1n) is 8.96. The summed E-state index contributed by atoms with van der Waals surface area (Å²) in [6, 6.07) is 14.1. The Labute approximate surface area is 206 Å². The summed E-state index contributed by atoms with van der Waals surface area (Å²) in [5, 5.41) is 18.5. The van der Waals surface area contributed by atoms with Crippen LogP contribution in [-0.2, 0) is 14.8 Å². The fourth-order valence-electron chi connectivity index (χ4n) is 3.16. The first-order chi connectivity index (χ1) is 15.1. The molecule has 2 aromatic heterocycles. The molecular weight excluding hydrogens is 590 g/mol. The third-order valence-electron chi connectivity index (χ3n) is 4.53. The standard InChI is InChI=1S/C20H13Cl2IN4O4S/c21-13-8-14(22)10-16(9-13)32(30,31)27(11-20(28)29)15-1-2-17-12(7-15)5-6-26(17)19-4-3-18(23)24-25-19/h1-10H,11H2,(H,28,29). The van der Waals surface area contributed by atoms with Gasteiger partial charge in [0.25, 0.3) is 10.0 Å². The van der Waals surface area contributed by atoms with Crippen LogP contribution >= 0.6 is 45.8 Å². The highest BCUT2D eigenvalue weighted by atomic mass is 127. The molecule has 164 valence electrons. The Morgan fingerprint density at radius 3 is 2.38 bits per heavy atom. The summed E-state index contributed by atoms with van der Waals surface area (Å²) < 4.78 is 29.9. The molecule has 0 aliphatic heterocycles. The maximum Gasteiger partial charge on any atom is 0.324 e. The first kappa shape index (κ1) is 22.8. The molecule has 0 amide bonds. The van der Waals surface area contributed by atoms with Crippen LogP contribution in [0.25, 0.3) is 16.7 Å². The van der Waals surface area contributed by atoms with E-state index in [0.717, 1.165) is 13.5 Å². The molecule has 8 nitrogen and oxygen atoms in total. The smallest absolute Gasteiger partial charge is 0.324 e. The highest BCUT2D eigenvalue weighted by Gasteiger charge is 2.28. The number of aliphatic carboxylic acids is 1. The van der Waals surface area contributed by atoms with E-state index in [-0.39, 0.29) is 20.6 Å². The molecule has 0 saturated heterocycles. The van der Waals surface area contributed by atoms with Crippen LogP contribution in [0.2, 0.25) is 10.0 Å². The number of halogens is 3. The van der Waals surface area contributed by atoms with E-state index in [0.29, 0.717) is 11.2 Å². The molecule has 0 spiro atoms. The van der Waals surface area contributed by atoms with Gasteiger partial charge in [0, 0.05) is 21.6 Å². The first-order valence-corrected chi connectivity index (χ1v) is 12.2. The lowest BCUT2D eigenvalue weighted by atomic mass is 10.2. The van der Waals surface area contributed by atoms with Crippen molar-refractivity contribution in [3.05, 3.63) is 74.5 Å². The number of sulfonamides is 1. The zero-order valence-corrected chi connectivity index (χ0v) is 20.5. The number of hydrogen-bond donors (Lipinski definition) is 1. The second-order valence-corrected chi connectivity index (χ2v) is 10.5. The van der Waals surface area contributed by atoms with E-state index >= 15 is 0 Å². The number of carbonyl (C=O) groups is 1. The average molecular weight is 603 g/mol. The Hall–Kier alpha value is -2.41. The summed E-state index contributed by atoms with van der Waals surface area (Å²) in [5.74, 6) is -0.717. The molecule has 2 aromatic carbocycles. The van der Waals surface area contributed by atoms with E-state index in [4.69, 9.17) is 23.2 Å². The van der Waals surface area contributed by atoms with Gasteiger partial charge in [-0.3, -0.25) is 13.7 Å². The van der Waals surface area contributed by atoms with Gasteiger partial charge in [0.2, 0.25) is 0 Å². The van der Waals surface area contributed by atoms with Crippen molar-refractivity contribution >= 4 is 78.4 Å². The lowest BCUT2D eigenvalue weighted by Crippen LogP contribution is -2.35. The molecule has 0 unspecified atom stereocenters. The topological polar surface area (TPSA) is 105 Å². The third kappa shape index (κ3) is 4.53. The van der Waals surface area contributed by atoms with Crippen molar-refractivity contribution in [2.24, 2.45) is 0 Å². The van der Waals surface area contributed by atoms with E-state index in [2.05, 4.69) is 32.8 Å². The SMILES string of the molecule is O=C(O)CN(c1ccc2c(ccn2-c2ccc(I)nn2)c1)S(=O)(=O)c1cc(Cl)cc(Cl)c1. The van der Waals surface area contributed by atoms with Gasteiger partial charge in [0.15, 0.2) is 5.82 Å². The molecule has 0 atom stereocenters. The Morgan fingerprint density at radius 1 is 1.03 bits per heavy atom. The van der Waals surface area contributed by atoms with Crippen molar-refractivity contribution in [3.8, 4) is 5.82 Å². The molecule has 0 aliphatic rings. The van der Waals surface area contributed by atoms with Crippen molar-refractivity contribution in [3.63, 3.8) is 0 Å². The summed E-state index contributed by atoms with van der Waals surface area (Å²) in [5.41, 5.74) is 0.935. The normalized spacial score (nSPS) is 11.6. The fourth-order valence-corrected chi connectivity index (χ4v) is 5.59. The van der Waals surface area contributed by atoms with Crippen molar-refractivity contribution in [1.82, 2.24) is 14.8 Å². The third-order valence-corrected chi connectivity index (χ3v) is 7.29. The van der Waals surface area contributed by atoms with E-state index < -0.39 is 22.5 Å². The molecule has 2 heterocycles. The van der Waals surface area contributed by atoms with Gasteiger partial charge >= 0.3 is 5.97 Å². The monoisotopic (exact) mass is 602 g/mol. The van der Waals surface area contributed by atoms with Gasteiger partial charge in [-0.05, 0) is 77.2 Å². The van der Waals surface area contributed by atoms with E-state index in [1.165, 1.54) is 24.3 Å². The Bertz CT molecular complexity index is 1420. The van der Waals surface area contributed by atoms with Crippen LogP contribution in [0.4, 0.5) is 5.69 Å². The van der Waals surface area contributed by atoms with E-state index in [9.17, 15) is 18.3 Å². The molecule has 4 rings (SSSR count). The number of carboxylic acids is 1. The summed E-state index contributed by atoms with van der Waals surface area (Å²) in [6.07, 6.45) is 1.78. The lowest BCUT2D eigenvalue weighted by molar-refractivity contribution is -0.135. The minimum Gasteiger partial charge on any atom is -0.480 e. The van der Waals surface area contributed by atoms with Crippen molar-refractivity contribution in [2.45, 2.75) is 4.90 Å².